The second-order valence-corrected chi connectivity index (χ2v) is 2.28. The molecule has 1 fully saturated rings. The van der Waals surface area contributed by atoms with Crippen LogP contribution in [-0.4, -0.2) is 5.92 Å². The maximum absolute atomic E-state index is 12.5. The second-order valence-electron chi connectivity index (χ2n) is 2.28. The molecule has 1 aliphatic carbocycles. The van der Waals surface area contributed by atoms with Gasteiger partial charge in [0.15, 0.2) is 0 Å². The fraction of sp³-hybridized carbons (Fsp3) is 0.556. The topological polar surface area (TPSA) is 0 Å². The minimum atomic E-state index is -2.78. The van der Waals surface area contributed by atoms with Crippen LogP contribution in [0.4, 0.5) is 8.78 Å². The van der Waals surface area contributed by atoms with Crippen molar-refractivity contribution in [2.45, 2.75) is 32.6 Å². The summed E-state index contributed by atoms with van der Waals surface area (Å²) < 4.78 is 25.1. The molecule has 0 unspecified atom stereocenters. The zero-order chi connectivity index (χ0) is 9.07. The van der Waals surface area contributed by atoms with E-state index in [9.17, 15) is 8.78 Å². The Morgan fingerprint density at radius 3 is 1.42 bits per heavy atom. The SMILES string of the molecule is C=C1CCC(=C)C1(F)F.CC.[Ar]. The molecule has 1 aliphatic rings. The van der Waals surface area contributed by atoms with E-state index in [-0.39, 0.29) is 48.9 Å². The molecule has 0 atom stereocenters. The summed E-state index contributed by atoms with van der Waals surface area (Å²) >= 11 is 0. The third kappa shape index (κ3) is 3.15. The van der Waals surface area contributed by atoms with Crippen molar-refractivity contribution in [3.8, 4) is 0 Å². The fourth-order valence-electron chi connectivity index (χ4n) is 0.866. The number of hydrogen-bond acceptors (Lipinski definition) is 0. The van der Waals surface area contributed by atoms with Crippen molar-refractivity contribution in [2.75, 3.05) is 0 Å². The Morgan fingerprint density at radius 1 is 1.08 bits per heavy atom. The van der Waals surface area contributed by atoms with E-state index in [1.54, 1.807) is 0 Å². The van der Waals surface area contributed by atoms with E-state index in [1.165, 1.54) is 0 Å². The molecule has 0 nitrogen and oxygen atoms in total. The van der Waals surface area contributed by atoms with Gasteiger partial charge in [-0.1, -0.05) is 27.0 Å². The molecule has 1 saturated carbocycles. The van der Waals surface area contributed by atoms with E-state index in [0.717, 1.165) is 0 Å². The van der Waals surface area contributed by atoms with Gasteiger partial charge in [0, 0.05) is 37.7 Å². The van der Waals surface area contributed by atoms with Crippen LogP contribution >= 0.6 is 0 Å². The molecule has 0 aromatic heterocycles. The van der Waals surface area contributed by atoms with Gasteiger partial charge in [0.05, 0.1) is 0 Å². The molecule has 0 aliphatic heterocycles. The van der Waals surface area contributed by atoms with Gasteiger partial charge in [0.1, 0.15) is 0 Å². The molecule has 0 saturated heterocycles. The van der Waals surface area contributed by atoms with Crippen molar-refractivity contribution in [1.82, 2.24) is 0 Å². The summed E-state index contributed by atoms with van der Waals surface area (Å²) in [6.45, 7) is 10.5. The molecule has 0 heterocycles. The standard InChI is InChI=1S/C7H8F2.C2H6.Ar/c1-5-3-4-6(2)7(5,8)9;1-2;/h1-4H2;1-2H3;. The van der Waals surface area contributed by atoms with E-state index in [0.29, 0.717) is 12.8 Å². The van der Waals surface area contributed by atoms with Crippen molar-refractivity contribution in [3.63, 3.8) is 0 Å². The Kier molecular flexibility index (Phi) is 7.69. The van der Waals surface area contributed by atoms with Gasteiger partial charge in [0.2, 0.25) is 0 Å². The maximum atomic E-state index is 12.5. The molecule has 0 N–H and O–H groups in total. The normalized spacial score (nSPS) is 19.3. The summed E-state index contributed by atoms with van der Waals surface area (Å²) in [5.74, 6) is -2.78. The summed E-state index contributed by atoms with van der Waals surface area (Å²) in [5, 5.41) is 0. The summed E-state index contributed by atoms with van der Waals surface area (Å²) in [4.78, 5) is 0. The van der Waals surface area contributed by atoms with Crippen LogP contribution in [0.5, 0.6) is 0 Å². The quantitative estimate of drug-likeness (QED) is 0.524. The second kappa shape index (κ2) is 6.11. The van der Waals surface area contributed by atoms with Crippen LogP contribution in [0.25, 0.3) is 0 Å². The van der Waals surface area contributed by atoms with Crippen molar-refractivity contribution >= 4 is 0 Å². The number of halogens is 2. The van der Waals surface area contributed by atoms with E-state index in [1.807, 2.05) is 13.8 Å². The number of rotatable bonds is 0. The first-order valence-corrected chi connectivity index (χ1v) is 3.79. The molecule has 1 rings (SSSR count). The molecular formula is C9H14ArF2. The fourth-order valence-corrected chi connectivity index (χ4v) is 0.866. The van der Waals surface area contributed by atoms with E-state index in [2.05, 4.69) is 13.2 Å². The van der Waals surface area contributed by atoms with Gasteiger partial charge in [0.25, 0.3) is 5.92 Å². The summed E-state index contributed by atoms with van der Waals surface area (Å²) in [7, 11) is 0. The van der Waals surface area contributed by atoms with Gasteiger partial charge in [-0.05, 0) is 24.0 Å². The third-order valence-electron chi connectivity index (χ3n) is 1.62. The van der Waals surface area contributed by atoms with Crippen LogP contribution in [-0.2, 0) is 0 Å². The van der Waals surface area contributed by atoms with Gasteiger partial charge >= 0.3 is 0 Å². The predicted molar refractivity (Wildman–Crippen MR) is 43.8 cm³/mol. The molecule has 3 heteroatoms. The van der Waals surface area contributed by atoms with E-state index >= 15 is 0 Å². The first-order valence-electron chi connectivity index (χ1n) is 3.79. The minimum absolute atomic E-state index is 0. The van der Waals surface area contributed by atoms with Crippen LogP contribution in [0.3, 0.4) is 0 Å². The molecule has 0 aromatic carbocycles. The van der Waals surface area contributed by atoms with Gasteiger partial charge in [-0.3, -0.25) is 0 Å². The van der Waals surface area contributed by atoms with Gasteiger partial charge in [-0.15, -0.1) is 0 Å². The number of allylic oxidation sites excluding steroid dienone is 2. The van der Waals surface area contributed by atoms with Crippen molar-refractivity contribution < 1.29 is 46.5 Å². The first kappa shape index (κ1) is 15.1. The van der Waals surface area contributed by atoms with Gasteiger partial charge in [-0.2, -0.15) is 8.78 Å². The Labute approximate surface area is 103 Å². The smallest absolute Gasteiger partial charge is 0.197 e. The molecule has 12 heavy (non-hydrogen) atoms. The van der Waals surface area contributed by atoms with E-state index < -0.39 is 5.92 Å². The van der Waals surface area contributed by atoms with Crippen LogP contribution < -0.4 is 0 Å². The van der Waals surface area contributed by atoms with Crippen LogP contribution in [0, 0.1) is 37.7 Å². The minimum Gasteiger partial charge on any atom is -0.197 e. The van der Waals surface area contributed by atoms with Gasteiger partial charge in [-0.25, -0.2) is 0 Å². The Bertz CT molecular complexity index is 155. The molecule has 0 spiro atoms. The Morgan fingerprint density at radius 2 is 1.33 bits per heavy atom. The van der Waals surface area contributed by atoms with Crippen molar-refractivity contribution in [1.29, 1.82) is 0 Å². The average molecular weight is 200 g/mol. The molecule has 0 bridgehead atoms. The van der Waals surface area contributed by atoms with Gasteiger partial charge < -0.3 is 0 Å². The summed E-state index contributed by atoms with van der Waals surface area (Å²) in [6.07, 6.45) is 0.789. The van der Waals surface area contributed by atoms with Crippen LogP contribution in [0.15, 0.2) is 24.3 Å². The van der Waals surface area contributed by atoms with E-state index in [4.69, 9.17) is 0 Å². The van der Waals surface area contributed by atoms with Crippen molar-refractivity contribution in [3.05, 3.63) is 24.3 Å². The zero-order valence-electron chi connectivity index (χ0n) is 7.44. The van der Waals surface area contributed by atoms with Crippen molar-refractivity contribution in [2.24, 2.45) is 0 Å². The molecular weight excluding hydrogens is 186 g/mol. The Balaban J connectivity index is 0. The maximum Gasteiger partial charge on any atom is 0.290 e. The number of hydrogen-bond donors (Lipinski definition) is 0. The monoisotopic (exact) mass is 200 g/mol. The summed E-state index contributed by atoms with van der Waals surface area (Å²) in [6, 6.07) is 0. The predicted octanol–water partition coefficient (Wildman–Crippen LogP) is 3.55. The van der Waals surface area contributed by atoms with Crippen LogP contribution in [0.2, 0.25) is 0 Å². The van der Waals surface area contributed by atoms with Crippen LogP contribution in [0.1, 0.15) is 26.7 Å². The third-order valence-corrected chi connectivity index (χ3v) is 1.62. The number of alkyl halides is 2. The average Bonchev–Trinajstić information content (AvgIpc) is 2.21. The molecule has 0 amide bonds. The first-order chi connectivity index (χ1) is 5.05. The molecule has 0 radical (unpaired) electrons. The Hall–Kier alpha value is 0.600. The molecule has 72 valence electrons. The zero-order valence-corrected chi connectivity index (χ0v) is 8.15. The molecule has 0 aromatic rings. The summed E-state index contributed by atoms with van der Waals surface area (Å²) in [5.41, 5.74) is 0.0139. The largest absolute Gasteiger partial charge is 0.290 e.